The number of aliphatic hydroxyl groups is 5. The molecule has 3 saturated heterocycles. The van der Waals surface area contributed by atoms with Gasteiger partial charge in [-0.25, -0.2) is 0 Å². The van der Waals surface area contributed by atoms with E-state index in [4.69, 9.17) is 28.4 Å². The minimum atomic E-state index is -1.85. The van der Waals surface area contributed by atoms with Gasteiger partial charge in [-0.3, -0.25) is 24.6 Å². The third kappa shape index (κ3) is 13.4. The summed E-state index contributed by atoms with van der Waals surface area (Å²) < 4.78 is 37.9. The Morgan fingerprint density at radius 2 is 1.64 bits per heavy atom. The molecule has 66 heavy (non-hydrogen) atoms. The number of non-ortho nitro benzene ring substituents is 1. The fourth-order valence-corrected chi connectivity index (χ4v) is 10.2. The van der Waals surface area contributed by atoms with Gasteiger partial charge in [0.2, 0.25) is 5.91 Å². The van der Waals surface area contributed by atoms with Crippen LogP contribution >= 0.6 is 0 Å². The van der Waals surface area contributed by atoms with Crippen molar-refractivity contribution >= 4 is 17.6 Å². The van der Waals surface area contributed by atoms with E-state index in [9.17, 15) is 45.2 Å². The van der Waals surface area contributed by atoms with Crippen molar-refractivity contribution in [1.29, 1.82) is 0 Å². The first kappa shape index (κ1) is 55.7. The van der Waals surface area contributed by atoms with Crippen LogP contribution in [-0.2, 0) is 44.4 Å². The first-order valence-electron chi connectivity index (χ1n) is 23.4. The molecular weight excluding hydrogens is 861 g/mol. The number of nitro groups is 1. The maximum atomic E-state index is 14.4. The minimum absolute atomic E-state index is 0.0323. The Bertz CT molecular complexity index is 1740. The molecule has 3 aliphatic heterocycles. The number of benzene rings is 1. The molecule has 1 aromatic carbocycles. The van der Waals surface area contributed by atoms with Gasteiger partial charge in [0.1, 0.15) is 30.0 Å². The van der Waals surface area contributed by atoms with Crippen LogP contribution < -0.4 is 5.32 Å². The standard InChI is InChI=1S/C47H80N4O15/c1-14-35-47(10,58)40(54)30(6)50(12)25-26(2)23-45(8,57)42(28(4)39(29(5)43(56)64-35)65-37-24-46(9,61-13)41(55)31(7)63-37)66-44-38(53)34(21-27(3)62-44)49(11)20-19-48-36(52)22-32-15-17-33(18-16-32)51(59)60/h15-18,26-31,34-35,37-42,44,53-55,57-58H,14,19-25H2,1-13H3,(H,48,52)/t26-,27-,28+,29-,30-,31+,34+,35-,37+,38-,39+,40-,41+,42-,44+,45-,46-,47-/m1/s1. The first-order valence-corrected chi connectivity index (χ1v) is 23.4. The summed E-state index contributed by atoms with van der Waals surface area (Å²) in [6.45, 7) is 18.2. The lowest BCUT2D eigenvalue weighted by Crippen LogP contribution is -2.61. The van der Waals surface area contributed by atoms with Gasteiger partial charge in [-0.15, -0.1) is 0 Å². The zero-order chi connectivity index (χ0) is 49.6. The van der Waals surface area contributed by atoms with Crippen molar-refractivity contribution in [1.82, 2.24) is 15.1 Å². The third-order valence-corrected chi connectivity index (χ3v) is 14.4. The van der Waals surface area contributed by atoms with E-state index in [1.165, 1.54) is 26.2 Å². The number of cyclic esters (lactones) is 1. The van der Waals surface area contributed by atoms with Crippen molar-refractivity contribution < 1.29 is 68.5 Å². The Hall–Kier alpha value is -2.92. The van der Waals surface area contributed by atoms with Crippen LogP contribution in [-0.4, -0.2) is 183 Å². The summed E-state index contributed by atoms with van der Waals surface area (Å²) in [5.41, 5.74) is -4.04. The van der Waals surface area contributed by atoms with E-state index >= 15 is 0 Å². The molecule has 18 atom stereocenters. The number of esters is 1. The van der Waals surface area contributed by atoms with Gasteiger partial charge in [0.25, 0.3) is 5.69 Å². The van der Waals surface area contributed by atoms with Gasteiger partial charge in [-0.05, 0) is 93.3 Å². The Morgan fingerprint density at radius 1 is 1.00 bits per heavy atom. The fourth-order valence-electron chi connectivity index (χ4n) is 10.2. The number of hydrogen-bond acceptors (Lipinski definition) is 17. The van der Waals surface area contributed by atoms with Crippen LogP contribution in [0.15, 0.2) is 24.3 Å². The molecule has 0 bridgehead atoms. The lowest BCUT2D eigenvalue weighted by atomic mass is 9.77. The molecule has 19 heteroatoms. The van der Waals surface area contributed by atoms with Crippen LogP contribution in [0.4, 0.5) is 5.69 Å². The number of nitrogens with one attached hydrogen (secondary N) is 1. The van der Waals surface area contributed by atoms with Crippen LogP contribution in [0.25, 0.3) is 0 Å². The quantitative estimate of drug-likeness (QED) is 0.0944. The highest BCUT2D eigenvalue weighted by atomic mass is 16.7. The number of ether oxygens (including phenoxy) is 6. The summed E-state index contributed by atoms with van der Waals surface area (Å²) in [4.78, 5) is 41.5. The van der Waals surface area contributed by atoms with Gasteiger partial charge >= 0.3 is 5.97 Å². The molecule has 1 amide bonds. The molecule has 0 aliphatic carbocycles. The number of methoxy groups -OCH3 is 1. The number of hydrogen-bond donors (Lipinski definition) is 6. The summed E-state index contributed by atoms with van der Waals surface area (Å²) in [5, 5.41) is 73.2. The van der Waals surface area contributed by atoms with Gasteiger partial charge < -0.3 is 64.2 Å². The smallest absolute Gasteiger partial charge is 0.311 e. The van der Waals surface area contributed by atoms with E-state index < -0.39 is 113 Å². The molecule has 6 N–H and O–H groups in total. The summed E-state index contributed by atoms with van der Waals surface area (Å²) in [6.07, 6.45) is -9.52. The number of amides is 1. The number of likely N-dealkylation sites (N-methyl/N-ethyl adjacent to an activating group) is 2. The summed E-state index contributed by atoms with van der Waals surface area (Å²) >= 11 is 0. The van der Waals surface area contributed by atoms with E-state index in [-0.39, 0.29) is 49.7 Å². The number of rotatable bonds is 13. The molecule has 1 aromatic rings. The molecule has 0 saturated carbocycles. The monoisotopic (exact) mass is 941 g/mol. The molecule has 0 aromatic heterocycles. The van der Waals surface area contributed by atoms with Gasteiger partial charge in [-0.2, -0.15) is 0 Å². The fraction of sp³-hybridized carbons (Fsp3) is 0.830. The molecule has 0 spiro atoms. The van der Waals surface area contributed by atoms with Crippen LogP contribution in [0.5, 0.6) is 0 Å². The van der Waals surface area contributed by atoms with Gasteiger partial charge in [0.15, 0.2) is 12.6 Å². The molecule has 3 fully saturated rings. The number of nitrogens with zero attached hydrogens (tertiary/aromatic N) is 3. The molecule has 4 rings (SSSR count). The molecule has 0 radical (unpaired) electrons. The Labute approximate surface area is 390 Å². The van der Waals surface area contributed by atoms with Crippen molar-refractivity contribution in [2.45, 2.75) is 192 Å². The normalized spacial score (nSPS) is 41.4. The van der Waals surface area contributed by atoms with Crippen LogP contribution in [0, 0.1) is 27.9 Å². The van der Waals surface area contributed by atoms with Gasteiger partial charge in [0.05, 0.1) is 52.9 Å². The molecule has 3 heterocycles. The van der Waals surface area contributed by atoms with E-state index in [2.05, 4.69) is 5.32 Å². The van der Waals surface area contributed by atoms with Crippen molar-refractivity contribution in [2.75, 3.05) is 40.8 Å². The number of nitro benzene ring substituents is 1. The highest BCUT2D eigenvalue weighted by molar-refractivity contribution is 5.78. The Kier molecular flexibility index (Phi) is 19.5. The molecule has 3 aliphatic rings. The Morgan fingerprint density at radius 3 is 2.23 bits per heavy atom. The number of carbonyl (C=O) groups is 2. The zero-order valence-corrected chi connectivity index (χ0v) is 41.3. The Balaban J connectivity index is 1.67. The lowest BCUT2D eigenvalue weighted by Gasteiger charge is -2.49. The minimum Gasteiger partial charge on any atom is -0.459 e. The second kappa shape index (κ2) is 23.1. The molecular formula is C47H80N4O15. The second-order valence-corrected chi connectivity index (χ2v) is 20.1. The van der Waals surface area contributed by atoms with Crippen LogP contribution in [0.2, 0.25) is 0 Å². The maximum Gasteiger partial charge on any atom is 0.311 e. The van der Waals surface area contributed by atoms with Crippen molar-refractivity contribution in [2.24, 2.45) is 17.8 Å². The topological polar surface area (TPSA) is 252 Å². The first-order chi connectivity index (χ1) is 30.7. The summed E-state index contributed by atoms with van der Waals surface area (Å²) in [5.74, 6) is -3.17. The molecule has 0 unspecified atom stereocenters. The number of carbonyl (C=O) groups excluding carboxylic acids is 2. The zero-order valence-electron chi connectivity index (χ0n) is 41.3. The van der Waals surface area contributed by atoms with E-state index in [1.54, 1.807) is 60.6 Å². The predicted molar refractivity (Wildman–Crippen MR) is 243 cm³/mol. The van der Waals surface area contributed by atoms with E-state index in [1.807, 2.05) is 37.7 Å². The third-order valence-electron chi connectivity index (χ3n) is 14.4. The molecule has 19 nitrogen and oxygen atoms in total. The van der Waals surface area contributed by atoms with Crippen LogP contribution in [0.3, 0.4) is 0 Å². The average molecular weight is 941 g/mol. The number of aliphatic hydroxyl groups excluding tert-OH is 3. The predicted octanol–water partition coefficient (Wildman–Crippen LogP) is 2.54. The average Bonchev–Trinajstić information content (AvgIpc) is 3.24. The van der Waals surface area contributed by atoms with Crippen LogP contribution in [0.1, 0.15) is 100 Å². The summed E-state index contributed by atoms with van der Waals surface area (Å²) in [7, 11) is 5.12. The van der Waals surface area contributed by atoms with Crippen molar-refractivity contribution in [3.05, 3.63) is 39.9 Å². The second-order valence-electron chi connectivity index (χ2n) is 20.1. The SMILES string of the molecule is CC[C@H]1OC(=O)[C@H](C)[C@@H](O[C@H]2C[C@@](C)(OC)[C@@H](O)[C@H](C)O2)[C@H](C)[C@@H](O[C@@H]2O[C@H](C)C[C@H](N(C)CCNC(=O)Cc3ccc([N+](=O)[O-])cc3)[C@H]2O)[C@](C)(O)C[C@@H](C)CN(C)[C@H](C)[C@@H](O)[C@]1(C)O. The highest BCUT2D eigenvalue weighted by Gasteiger charge is 2.53. The van der Waals surface area contributed by atoms with Crippen molar-refractivity contribution in [3.8, 4) is 0 Å². The lowest BCUT2D eigenvalue weighted by molar-refractivity contribution is -0.384. The van der Waals surface area contributed by atoms with E-state index in [0.29, 0.717) is 25.1 Å². The van der Waals surface area contributed by atoms with E-state index in [0.717, 1.165) is 0 Å². The van der Waals surface area contributed by atoms with Gasteiger partial charge in [0, 0.05) is 63.3 Å². The molecule has 378 valence electrons. The largest absolute Gasteiger partial charge is 0.459 e. The van der Waals surface area contributed by atoms with Gasteiger partial charge in [-0.1, -0.05) is 32.9 Å². The summed E-state index contributed by atoms with van der Waals surface area (Å²) in [6, 6.07) is 4.68. The van der Waals surface area contributed by atoms with Crippen molar-refractivity contribution in [3.63, 3.8) is 0 Å². The maximum absolute atomic E-state index is 14.4. The highest BCUT2D eigenvalue weighted by Crippen LogP contribution is 2.40.